The predicted octanol–water partition coefficient (Wildman–Crippen LogP) is 3.54. The first kappa shape index (κ1) is 16.4. The molecule has 0 bridgehead atoms. The minimum atomic E-state index is -0.547. The summed E-state index contributed by atoms with van der Waals surface area (Å²) >= 11 is 0. The van der Waals surface area contributed by atoms with Gasteiger partial charge in [0.25, 0.3) is 11.4 Å². The normalized spacial score (nSPS) is 13.1. The third-order valence-corrected chi connectivity index (χ3v) is 4.14. The van der Waals surface area contributed by atoms with Crippen molar-refractivity contribution in [2.45, 2.75) is 25.4 Å². The Balaban J connectivity index is 2.00. The number of para-hydroxylation sites is 1. The monoisotopic (exact) mass is 338 g/mol. The number of nitro benzene ring substituents is 2. The van der Waals surface area contributed by atoms with Crippen LogP contribution in [0.4, 0.5) is 17.1 Å². The van der Waals surface area contributed by atoms with Crippen molar-refractivity contribution in [3.8, 4) is 6.07 Å². The van der Waals surface area contributed by atoms with Gasteiger partial charge in [-0.2, -0.15) is 5.26 Å². The molecule has 8 nitrogen and oxygen atoms in total. The lowest BCUT2D eigenvalue weighted by Gasteiger charge is -2.25. The maximum Gasteiger partial charge on any atom is 0.274 e. The van der Waals surface area contributed by atoms with Crippen LogP contribution in [0.25, 0.3) is 0 Å². The number of nitro groups is 2. The van der Waals surface area contributed by atoms with Gasteiger partial charge in [-0.05, 0) is 18.9 Å². The summed E-state index contributed by atoms with van der Waals surface area (Å²) in [5.74, 6) is 0. The minimum Gasteiger partial charge on any atom is -0.363 e. The minimum absolute atomic E-state index is 0.0218. The van der Waals surface area contributed by atoms with E-state index in [4.69, 9.17) is 0 Å². The van der Waals surface area contributed by atoms with Crippen LogP contribution >= 0.6 is 0 Å². The highest BCUT2D eigenvalue weighted by Crippen LogP contribution is 2.37. The Morgan fingerprint density at radius 3 is 2.44 bits per heavy atom. The highest BCUT2D eigenvalue weighted by molar-refractivity contribution is 5.64. The van der Waals surface area contributed by atoms with Gasteiger partial charge in [0.1, 0.15) is 6.07 Å². The molecular weight excluding hydrogens is 324 g/mol. The Bertz CT molecular complexity index is 886. The molecule has 2 aromatic carbocycles. The molecule has 3 rings (SSSR count). The van der Waals surface area contributed by atoms with E-state index in [2.05, 4.69) is 0 Å². The van der Waals surface area contributed by atoms with Crippen molar-refractivity contribution in [2.75, 3.05) is 4.90 Å². The van der Waals surface area contributed by atoms with E-state index < -0.39 is 9.85 Å². The summed E-state index contributed by atoms with van der Waals surface area (Å²) in [6.07, 6.45) is 1.84. The average Bonchev–Trinajstić information content (AvgIpc) is 3.44. The van der Waals surface area contributed by atoms with Gasteiger partial charge in [0.2, 0.25) is 0 Å². The summed E-state index contributed by atoms with van der Waals surface area (Å²) in [4.78, 5) is 23.1. The molecule has 0 aromatic heterocycles. The van der Waals surface area contributed by atoms with Gasteiger partial charge < -0.3 is 4.90 Å². The van der Waals surface area contributed by atoms with Gasteiger partial charge in [-0.3, -0.25) is 20.2 Å². The number of nitrogens with zero attached hydrogens (tertiary/aromatic N) is 4. The lowest BCUT2D eigenvalue weighted by Crippen LogP contribution is -2.26. The van der Waals surface area contributed by atoms with E-state index in [0.717, 1.165) is 12.8 Å². The van der Waals surface area contributed by atoms with Gasteiger partial charge in [-0.15, -0.1) is 0 Å². The highest BCUT2D eigenvalue weighted by atomic mass is 16.6. The highest BCUT2D eigenvalue weighted by Gasteiger charge is 2.32. The fraction of sp³-hybridized carbons (Fsp3) is 0.235. The zero-order chi connectivity index (χ0) is 18.0. The molecule has 2 aromatic rings. The van der Waals surface area contributed by atoms with Crippen LogP contribution in [0.15, 0.2) is 42.5 Å². The second kappa shape index (κ2) is 6.57. The van der Waals surface area contributed by atoms with Crippen LogP contribution in [-0.4, -0.2) is 15.9 Å². The van der Waals surface area contributed by atoms with Crippen LogP contribution in [0.5, 0.6) is 0 Å². The molecule has 1 aliphatic rings. The Morgan fingerprint density at radius 1 is 1.12 bits per heavy atom. The molecule has 0 N–H and O–H groups in total. The lowest BCUT2D eigenvalue weighted by atomic mass is 10.1. The summed E-state index contributed by atoms with van der Waals surface area (Å²) in [5.41, 5.74) is 1.17. The molecule has 25 heavy (non-hydrogen) atoms. The fourth-order valence-corrected chi connectivity index (χ4v) is 2.78. The van der Waals surface area contributed by atoms with Crippen molar-refractivity contribution in [1.29, 1.82) is 5.26 Å². The molecule has 1 aliphatic carbocycles. The van der Waals surface area contributed by atoms with Gasteiger partial charge >= 0.3 is 0 Å². The molecule has 0 atom stereocenters. The maximum atomic E-state index is 11.2. The van der Waals surface area contributed by atoms with E-state index >= 15 is 0 Å². The number of hydrogen-bond donors (Lipinski definition) is 0. The predicted molar refractivity (Wildman–Crippen MR) is 90.1 cm³/mol. The molecular formula is C17H14N4O4. The van der Waals surface area contributed by atoms with E-state index in [1.54, 1.807) is 24.3 Å². The van der Waals surface area contributed by atoms with Crippen molar-refractivity contribution in [1.82, 2.24) is 0 Å². The first-order valence-electron chi connectivity index (χ1n) is 7.68. The first-order chi connectivity index (χ1) is 12.0. The Hall–Kier alpha value is -3.47. The van der Waals surface area contributed by atoms with Gasteiger partial charge in [-0.25, -0.2) is 0 Å². The third kappa shape index (κ3) is 3.40. The smallest absolute Gasteiger partial charge is 0.274 e. The van der Waals surface area contributed by atoms with Gasteiger partial charge in [0.15, 0.2) is 0 Å². The SMILES string of the molecule is N#Cc1cc([N+](=O)[O-])ccc1N(Cc1ccccc1[N+](=O)[O-])C1CC1. The summed E-state index contributed by atoms with van der Waals surface area (Å²) in [6.45, 7) is 0.272. The van der Waals surface area contributed by atoms with Crippen LogP contribution < -0.4 is 4.90 Å². The molecule has 0 aliphatic heterocycles. The molecule has 0 radical (unpaired) electrons. The molecule has 126 valence electrons. The summed E-state index contributed by atoms with van der Waals surface area (Å²) in [7, 11) is 0. The van der Waals surface area contributed by atoms with Crippen molar-refractivity contribution in [3.05, 3.63) is 73.8 Å². The molecule has 1 fully saturated rings. The largest absolute Gasteiger partial charge is 0.363 e. The van der Waals surface area contributed by atoms with Crippen LogP contribution in [0.3, 0.4) is 0 Å². The molecule has 0 saturated heterocycles. The van der Waals surface area contributed by atoms with E-state index in [-0.39, 0.29) is 29.5 Å². The molecule has 0 spiro atoms. The van der Waals surface area contributed by atoms with Crippen molar-refractivity contribution in [3.63, 3.8) is 0 Å². The Labute approximate surface area is 143 Å². The Kier molecular flexibility index (Phi) is 4.31. The van der Waals surface area contributed by atoms with Crippen LogP contribution in [0.1, 0.15) is 24.0 Å². The Morgan fingerprint density at radius 2 is 1.84 bits per heavy atom. The maximum absolute atomic E-state index is 11.2. The quantitative estimate of drug-likeness (QED) is 0.588. The average molecular weight is 338 g/mol. The molecule has 0 amide bonds. The number of non-ortho nitro benzene ring substituents is 1. The lowest BCUT2D eigenvalue weighted by molar-refractivity contribution is -0.385. The zero-order valence-electron chi connectivity index (χ0n) is 13.2. The zero-order valence-corrected chi connectivity index (χ0v) is 13.2. The number of rotatable bonds is 6. The number of hydrogen-bond acceptors (Lipinski definition) is 6. The van der Waals surface area contributed by atoms with Crippen molar-refractivity contribution < 1.29 is 9.85 Å². The standard InChI is InChI=1S/C17H14N4O4/c18-10-13-9-15(20(22)23)7-8-16(13)19(14-5-6-14)11-12-3-1-2-4-17(12)21(24)25/h1-4,7-9,14H,5-6,11H2. The van der Waals surface area contributed by atoms with Crippen molar-refractivity contribution >= 4 is 17.1 Å². The van der Waals surface area contributed by atoms with Gasteiger partial charge in [0.05, 0.1) is 27.6 Å². The number of nitriles is 1. The van der Waals surface area contributed by atoms with E-state index in [9.17, 15) is 25.5 Å². The van der Waals surface area contributed by atoms with Crippen LogP contribution in [-0.2, 0) is 6.54 Å². The molecule has 0 unspecified atom stereocenters. The molecule has 1 saturated carbocycles. The van der Waals surface area contributed by atoms with Crippen molar-refractivity contribution in [2.24, 2.45) is 0 Å². The van der Waals surface area contributed by atoms with E-state index in [0.29, 0.717) is 11.3 Å². The second-order valence-corrected chi connectivity index (χ2v) is 5.82. The summed E-state index contributed by atoms with van der Waals surface area (Å²) in [5, 5.41) is 31.5. The third-order valence-electron chi connectivity index (χ3n) is 4.14. The molecule has 0 heterocycles. The number of anilines is 1. The summed E-state index contributed by atoms with van der Waals surface area (Å²) < 4.78 is 0. The first-order valence-corrected chi connectivity index (χ1v) is 7.68. The second-order valence-electron chi connectivity index (χ2n) is 5.82. The molecule has 8 heteroatoms. The van der Waals surface area contributed by atoms with E-state index in [1.807, 2.05) is 11.0 Å². The fourth-order valence-electron chi connectivity index (χ4n) is 2.78. The van der Waals surface area contributed by atoms with Crippen LogP contribution in [0, 0.1) is 31.6 Å². The van der Waals surface area contributed by atoms with E-state index in [1.165, 1.54) is 18.2 Å². The topological polar surface area (TPSA) is 113 Å². The summed E-state index contributed by atoms with van der Waals surface area (Å²) in [6, 6.07) is 12.8. The van der Waals surface area contributed by atoms with Gasteiger partial charge in [-0.1, -0.05) is 18.2 Å². The van der Waals surface area contributed by atoms with Gasteiger partial charge in [0, 0.05) is 29.8 Å². The number of benzene rings is 2. The van der Waals surface area contributed by atoms with Crippen LogP contribution in [0.2, 0.25) is 0 Å².